The summed E-state index contributed by atoms with van der Waals surface area (Å²) < 4.78 is 0. The number of nitrogens with one attached hydrogen (secondary N) is 1. The Kier molecular flexibility index (Phi) is 8.96. The van der Waals surface area contributed by atoms with E-state index in [1.165, 1.54) is 11.1 Å². The second kappa shape index (κ2) is 8.98. The minimum absolute atomic E-state index is 0.458. The van der Waals surface area contributed by atoms with E-state index in [0.717, 1.165) is 0 Å². The van der Waals surface area contributed by atoms with Crippen LogP contribution in [0.2, 0.25) is 0 Å². The highest BCUT2D eigenvalue weighted by molar-refractivity contribution is 6.25. The van der Waals surface area contributed by atoms with Crippen molar-refractivity contribution in [2.24, 2.45) is 0 Å². The molecule has 0 fully saturated rings. The molecule has 58 valence electrons. The van der Waals surface area contributed by atoms with Crippen LogP contribution >= 0.6 is 23.2 Å². The van der Waals surface area contributed by atoms with E-state index in [1.54, 1.807) is 12.2 Å². The molecule has 2 nitrogen and oxygen atoms in total. The molecule has 0 aliphatic carbocycles. The van der Waals surface area contributed by atoms with Gasteiger partial charge in [0.2, 0.25) is 0 Å². The van der Waals surface area contributed by atoms with E-state index in [2.05, 4.69) is 5.48 Å². The van der Waals surface area contributed by atoms with Crippen molar-refractivity contribution in [3.8, 4) is 0 Å². The van der Waals surface area contributed by atoms with Gasteiger partial charge < -0.3 is 0 Å². The highest BCUT2D eigenvalue weighted by Crippen LogP contribution is 1.79. The zero-order chi connectivity index (χ0) is 7.66. The van der Waals surface area contributed by atoms with E-state index in [4.69, 9.17) is 28.0 Å². The Hall–Kier alpha value is -0.0200. The summed E-state index contributed by atoms with van der Waals surface area (Å²) in [6, 6.07) is 0. The molecular weight excluding hydrogens is 173 g/mol. The van der Waals surface area contributed by atoms with Gasteiger partial charge in [-0.05, 0) is 6.08 Å². The second-order valence-electron chi connectivity index (χ2n) is 1.38. The van der Waals surface area contributed by atoms with E-state index >= 15 is 0 Å². The van der Waals surface area contributed by atoms with Gasteiger partial charge in [-0.25, -0.2) is 0 Å². The van der Waals surface area contributed by atoms with Gasteiger partial charge in [0.15, 0.2) is 0 Å². The fourth-order valence-corrected chi connectivity index (χ4v) is 0.457. The van der Waals surface area contributed by atoms with Crippen molar-refractivity contribution in [1.82, 2.24) is 5.48 Å². The van der Waals surface area contributed by atoms with Gasteiger partial charge in [0, 0.05) is 17.6 Å². The molecule has 0 heterocycles. The van der Waals surface area contributed by atoms with Crippen LogP contribution in [0.4, 0.5) is 0 Å². The molecule has 0 radical (unpaired) electrons. The van der Waals surface area contributed by atoms with Gasteiger partial charge in [-0.15, -0.1) is 0 Å². The van der Waals surface area contributed by atoms with E-state index in [0.29, 0.717) is 13.2 Å². The van der Waals surface area contributed by atoms with E-state index < -0.39 is 0 Å². The number of hydrogen-bond acceptors (Lipinski definition) is 2. The minimum atomic E-state index is 0.458. The first-order chi connectivity index (χ1) is 4.91. The maximum Gasteiger partial charge on any atom is 0.0875 e. The third-order valence-corrected chi connectivity index (χ3v) is 1.02. The molecule has 0 spiro atoms. The summed E-state index contributed by atoms with van der Waals surface area (Å²) in [5.41, 5.74) is 5.47. The average Bonchev–Trinajstić information content (AvgIpc) is 1.97. The molecular formula is C6H9Cl2NO. The normalized spacial score (nSPS) is 11.8. The van der Waals surface area contributed by atoms with Gasteiger partial charge in [0.25, 0.3) is 0 Å². The van der Waals surface area contributed by atoms with Gasteiger partial charge in [-0.1, -0.05) is 29.3 Å². The zero-order valence-electron chi connectivity index (χ0n) is 5.39. The number of hydroxylamine groups is 1. The highest BCUT2D eigenvalue weighted by Gasteiger charge is 1.77. The largest absolute Gasteiger partial charge is 0.297 e. The predicted octanol–water partition coefficient (Wildman–Crippen LogP) is 2.01. The van der Waals surface area contributed by atoms with Gasteiger partial charge in [0.05, 0.1) is 6.61 Å². The lowest BCUT2D eigenvalue weighted by atomic mass is 10.7. The highest BCUT2D eigenvalue weighted by atomic mass is 35.5. The Labute approximate surface area is 70.4 Å². The Morgan fingerprint density at radius 1 is 1.20 bits per heavy atom. The molecule has 0 aliphatic rings. The lowest BCUT2D eigenvalue weighted by Gasteiger charge is -1.97. The summed E-state index contributed by atoms with van der Waals surface area (Å²) in [4.78, 5) is 4.84. The van der Waals surface area contributed by atoms with Gasteiger partial charge in [-0.2, -0.15) is 5.48 Å². The molecule has 10 heavy (non-hydrogen) atoms. The smallest absolute Gasteiger partial charge is 0.0875 e. The summed E-state index contributed by atoms with van der Waals surface area (Å²) >= 11 is 10.4. The SMILES string of the molecule is Cl/C=C/CNOC/C=C/Cl. The molecule has 0 aromatic carbocycles. The molecule has 0 bridgehead atoms. The van der Waals surface area contributed by atoms with Crippen LogP contribution in [-0.2, 0) is 4.84 Å². The minimum Gasteiger partial charge on any atom is -0.297 e. The van der Waals surface area contributed by atoms with E-state index in [1.807, 2.05) is 0 Å². The molecule has 0 atom stereocenters. The summed E-state index contributed by atoms with van der Waals surface area (Å²) in [5, 5.41) is 0. The number of rotatable bonds is 5. The Morgan fingerprint density at radius 3 is 2.50 bits per heavy atom. The first kappa shape index (κ1) is 9.98. The van der Waals surface area contributed by atoms with Crippen molar-refractivity contribution in [3.63, 3.8) is 0 Å². The molecule has 0 amide bonds. The monoisotopic (exact) mass is 181 g/mol. The number of hydrogen-bond donors (Lipinski definition) is 1. The Morgan fingerprint density at radius 2 is 1.90 bits per heavy atom. The van der Waals surface area contributed by atoms with Crippen LogP contribution in [0, 0.1) is 0 Å². The van der Waals surface area contributed by atoms with Crippen molar-refractivity contribution < 1.29 is 4.84 Å². The molecule has 4 heteroatoms. The molecule has 0 saturated carbocycles. The van der Waals surface area contributed by atoms with Crippen LogP contribution in [0.3, 0.4) is 0 Å². The van der Waals surface area contributed by atoms with Crippen molar-refractivity contribution in [1.29, 1.82) is 0 Å². The van der Waals surface area contributed by atoms with Gasteiger partial charge in [-0.3, -0.25) is 4.84 Å². The third kappa shape index (κ3) is 7.98. The summed E-state index contributed by atoms with van der Waals surface area (Å²) in [7, 11) is 0. The fourth-order valence-electron chi connectivity index (χ4n) is 0.295. The quantitative estimate of drug-likeness (QED) is 0.518. The standard InChI is InChI=1S/C6H9Cl2NO/c7-3-1-5-9-10-6-2-4-8/h1-4,9H,5-6H2/b3-1+,4-2+. The summed E-state index contributed by atoms with van der Waals surface area (Å²) in [6.45, 7) is 1.05. The van der Waals surface area contributed by atoms with Crippen LogP contribution in [-0.4, -0.2) is 13.2 Å². The van der Waals surface area contributed by atoms with Gasteiger partial charge >= 0.3 is 0 Å². The fraction of sp³-hybridized carbons (Fsp3) is 0.333. The lowest BCUT2D eigenvalue weighted by Crippen LogP contribution is -2.13. The molecule has 1 N–H and O–H groups in total. The maximum atomic E-state index is 5.23. The van der Waals surface area contributed by atoms with Crippen LogP contribution in [0.15, 0.2) is 23.2 Å². The first-order valence-corrected chi connectivity index (χ1v) is 3.64. The lowest BCUT2D eigenvalue weighted by molar-refractivity contribution is 0.0708. The molecule has 0 aliphatic heterocycles. The van der Waals surface area contributed by atoms with E-state index in [-0.39, 0.29) is 0 Å². The van der Waals surface area contributed by atoms with Crippen LogP contribution in [0.1, 0.15) is 0 Å². The molecule has 0 rings (SSSR count). The zero-order valence-corrected chi connectivity index (χ0v) is 6.90. The summed E-state index contributed by atoms with van der Waals surface area (Å²) in [6.07, 6.45) is 3.41. The van der Waals surface area contributed by atoms with Crippen LogP contribution in [0.25, 0.3) is 0 Å². The van der Waals surface area contributed by atoms with Crippen molar-refractivity contribution in [2.75, 3.05) is 13.2 Å². The summed E-state index contributed by atoms with van der Waals surface area (Å²) in [5.74, 6) is 0. The van der Waals surface area contributed by atoms with Crippen molar-refractivity contribution in [3.05, 3.63) is 23.2 Å². The Bertz CT molecular complexity index is 100. The molecule has 0 aromatic heterocycles. The molecule has 0 unspecified atom stereocenters. The van der Waals surface area contributed by atoms with Crippen LogP contribution < -0.4 is 5.48 Å². The predicted molar refractivity (Wildman–Crippen MR) is 43.9 cm³/mol. The number of halogens is 2. The maximum absolute atomic E-state index is 5.23. The second-order valence-corrected chi connectivity index (χ2v) is 1.89. The average molecular weight is 182 g/mol. The van der Waals surface area contributed by atoms with Crippen molar-refractivity contribution in [2.45, 2.75) is 0 Å². The molecule has 0 saturated heterocycles. The third-order valence-electron chi connectivity index (χ3n) is 0.661. The van der Waals surface area contributed by atoms with Gasteiger partial charge in [0.1, 0.15) is 0 Å². The topological polar surface area (TPSA) is 21.3 Å². The van der Waals surface area contributed by atoms with Crippen LogP contribution in [0.5, 0.6) is 0 Å². The molecule has 0 aromatic rings. The Balaban J connectivity index is 2.90. The van der Waals surface area contributed by atoms with E-state index in [9.17, 15) is 0 Å². The van der Waals surface area contributed by atoms with Crippen molar-refractivity contribution >= 4 is 23.2 Å². The first-order valence-electron chi connectivity index (χ1n) is 2.77.